The molecule has 148 valence electrons. The molecule has 1 aromatic heterocycles. The normalized spacial score (nSPS) is 14.0. The highest BCUT2D eigenvalue weighted by atomic mass is 16.2. The van der Waals surface area contributed by atoms with Crippen molar-refractivity contribution in [2.45, 2.75) is 6.92 Å². The van der Waals surface area contributed by atoms with Crippen molar-refractivity contribution in [3.05, 3.63) is 84.2 Å². The fourth-order valence-electron chi connectivity index (χ4n) is 3.70. The van der Waals surface area contributed by atoms with Gasteiger partial charge >= 0.3 is 0 Å². The molecular formula is C24H26N4O. The molecule has 0 radical (unpaired) electrons. The summed E-state index contributed by atoms with van der Waals surface area (Å²) in [5.74, 6) is 0.0460. The van der Waals surface area contributed by atoms with Gasteiger partial charge in [-0.3, -0.25) is 9.78 Å². The third-order valence-electron chi connectivity index (χ3n) is 5.44. The van der Waals surface area contributed by atoms with E-state index >= 15 is 0 Å². The average Bonchev–Trinajstić information content (AvgIpc) is 2.79. The third-order valence-corrected chi connectivity index (χ3v) is 5.44. The number of para-hydroxylation sites is 1. The predicted octanol–water partition coefficient (Wildman–Crippen LogP) is 4.12. The zero-order valence-corrected chi connectivity index (χ0v) is 17.0. The molecule has 2 aromatic carbocycles. The van der Waals surface area contributed by atoms with Crippen LogP contribution in [0.5, 0.6) is 0 Å². The second kappa shape index (κ2) is 8.35. The fourth-order valence-corrected chi connectivity index (χ4v) is 3.70. The first-order valence-corrected chi connectivity index (χ1v) is 9.96. The molecule has 0 unspecified atom stereocenters. The molecule has 5 nitrogen and oxygen atoms in total. The maximum Gasteiger partial charge on any atom is 0.255 e. The average molecular weight is 386 g/mol. The molecule has 0 N–H and O–H groups in total. The van der Waals surface area contributed by atoms with E-state index in [0.717, 1.165) is 24.5 Å². The van der Waals surface area contributed by atoms with Crippen molar-refractivity contribution in [1.29, 1.82) is 0 Å². The van der Waals surface area contributed by atoms with Gasteiger partial charge in [0.1, 0.15) is 0 Å². The van der Waals surface area contributed by atoms with Crippen LogP contribution < -0.4 is 9.80 Å². The Bertz CT molecular complexity index is 981. The van der Waals surface area contributed by atoms with E-state index < -0.39 is 0 Å². The highest BCUT2D eigenvalue weighted by Gasteiger charge is 2.23. The van der Waals surface area contributed by atoms with Gasteiger partial charge in [0, 0.05) is 50.8 Å². The lowest BCUT2D eigenvalue weighted by atomic mass is 10.1. The van der Waals surface area contributed by atoms with E-state index in [1.807, 2.05) is 53.2 Å². The van der Waals surface area contributed by atoms with E-state index in [0.29, 0.717) is 18.7 Å². The van der Waals surface area contributed by atoms with Gasteiger partial charge in [0.05, 0.1) is 17.4 Å². The molecule has 0 aliphatic carbocycles. The molecule has 1 fully saturated rings. The summed E-state index contributed by atoms with van der Waals surface area (Å²) in [5.41, 5.74) is 5.08. The summed E-state index contributed by atoms with van der Waals surface area (Å²) >= 11 is 0. The largest absolute Gasteiger partial charge is 0.368 e. The zero-order chi connectivity index (χ0) is 20.2. The van der Waals surface area contributed by atoms with E-state index in [1.165, 1.54) is 11.3 Å². The van der Waals surface area contributed by atoms with Crippen molar-refractivity contribution in [2.75, 3.05) is 43.0 Å². The Balaban J connectivity index is 1.44. The number of benzene rings is 2. The van der Waals surface area contributed by atoms with Gasteiger partial charge in [-0.2, -0.15) is 0 Å². The van der Waals surface area contributed by atoms with Gasteiger partial charge in [-0.1, -0.05) is 30.3 Å². The van der Waals surface area contributed by atoms with Crippen molar-refractivity contribution in [1.82, 2.24) is 9.88 Å². The van der Waals surface area contributed by atoms with Crippen LogP contribution in [0.3, 0.4) is 0 Å². The number of piperazine rings is 1. The molecule has 1 saturated heterocycles. The van der Waals surface area contributed by atoms with Gasteiger partial charge in [-0.15, -0.1) is 0 Å². The van der Waals surface area contributed by atoms with Crippen LogP contribution in [0.15, 0.2) is 73.1 Å². The van der Waals surface area contributed by atoms with E-state index in [-0.39, 0.29) is 5.91 Å². The van der Waals surface area contributed by atoms with Crippen LogP contribution in [-0.2, 0) is 0 Å². The number of nitrogens with zero attached hydrogens (tertiary/aromatic N) is 4. The minimum absolute atomic E-state index is 0.0460. The van der Waals surface area contributed by atoms with Gasteiger partial charge in [0.2, 0.25) is 0 Å². The van der Waals surface area contributed by atoms with Gasteiger partial charge in [0.15, 0.2) is 0 Å². The topological polar surface area (TPSA) is 39.7 Å². The van der Waals surface area contributed by atoms with Gasteiger partial charge in [-0.05, 0) is 42.8 Å². The Morgan fingerprint density at radius 3 is 2.38 bits per heavy atom. The molecule has 1 amide bonds. The molecule has 1 aliphatic rings. The van der Waals surface area contributed by atoms with Crippen molar-refractivity contribution >= 4 is 23.0 Å². The lowest BCUT2D eigenvalue weighted by molar-refractivity contribution is 0.0746. The molecule has 0 bridgehead atoms. The molecule has 5 heteroatoms. The summed E-state index contributed by atoms with van der Waals surface area (Å²) in [4.78, 5) is 23.7. The third kappa shape index (κ3) is 4.24. The molecule has 1 aliphatic heterocycles. The number of hydrogen-bond acceptors (Lipinski definition) is 4. The molecule has 4 rings (SSSR count). The lowest BCUT2D eigenvalue weighted by Gasteiger charge is -2.36. The Morgan fingerprint density at radius 1 is 0.897 bits per heavy atom. The SMILES string of the molecule is Cc1cccc(N2CCN(C(=O)c3cncc(N(C)c4ccccc4)c3)CC2)c1. The summed E-state index contributed by atoms with van der Waals surface area (Å²) in [7, 11) is 1.99. The second-order valence-corrected chi connectivity index (χ2v) is 7.44. The first-order chi connectivity index (χ1) is 14.1. The van der Waals surface area contributed by atoms with Crippen molar-refractivity contribution < 1.29 is 4.79 Å². The Labute approximate surface area is 172 Å². The maximum atomic E-state index is 13.1. The van der Waals surface area contributed by atoms with E-state index in [2.05, 4.69) is 41.1 Å². The number of carbonyl (C=O) groups is 1. The number of rotatable bonds is 4. The molecule has 0 spiro atoms. The summed E-state index contributed by atoms with van der Waals surface area (Å²) < 4.78 is 0. The van der Waals surface area contributed by atoms with Gasteiger partial charge < -0.3 is 14.7 Å². The zero-order valence-electron chi connectivity index (χ0n) is 17.0. The number of hydrogen-bond donors (Lipinski definition) is 0. The van der Waals surface area contributed by atoms with Crippen molar-refractivity contribution in [3.8, 4) is 0 Å². The minimum Gasteiger partial charge on any atom is -0.368 e. The standard InChI is InChI=1S/C24H26N4O/c1-19-7-6-10-22(15-19)27-11-13-28(14-12-27)24(29)20-16-23(18-25-17-20)26(2)21-8-4-3-5-9-21/h3-10,15-18H,11-14H2,1-2H3. The molecule has 0 saturated carbocycles. The van der Waals surface area contributed by atoms with Crippen LogP contribution in [0.2, 0.25) is 0 Å². The predicted molar refractivity (Wildman–Crippen MR) is 118 cm³/mol. The minimum atomic E-state index is 0.0460. The summed E-state index contributed by atoms with van der Waals surface area (Å²) in [5, 5.41) is 0. The monoisotopic (exact) mass is 386 g/mol. The highest BCUT2D eigenvalue weighted by molar-refractivity contribution is 5.95. The van der Waals surface area contributed by atoms with Crippen molar-refractivity contribution in [3.63, 3.8) is 0 Å². The van der Waals surface area contributed by atoms with Crippen LogP contribution in [-0.4, -0.2) is 49.0 Å². The highest BCUT2D eigenvalue weighted by Crippen LogP contribution is 2.24. The van der Waals surface area contributed by atoms with E-state index in [1.54, 1.807) is 12.4 Å². The van der Waals surface area contributed by atoms with Crippen LogP contribution in [0.4, 0.5) is 17.1 Å². The quantitative estimate of drug-likeness (QED) is 0.676. The second-order valence-electron chi connectivity index (χ2n) is 7.44. The number of aryl methyl sites for hydroxylation is 1. The van der Waals surface area contributed by atoms with Crippen LogP contribution in [0.1, 0.15) is 15.9 Å². The molecule has 2 heterocycles. The lowest BCUT2D eigenvalue weighted by Crippen LogP contribution is -2.48. The summed E-state index contributed by atoms with van der Waals surface area (Å²) in [6.07, 6.45) is 3.46. The Kier molecular flexibility index (Phi) is 5.47. The Hall–Kier alpha value is -3.34. The van der Waals surface area contributed by atoms with Crippen LogP contribution in [0, 0.1) is 6.92 Å². The number of anilines is 3. The smallest absolute Gasteiger partial charge is 0.255 e. The number of amides is 1. The fraction of sp³-hybridized carbons (Fsp3) is 0.250. The number of pyridine rings is 1. The maximum absolute atomic E-state index is 13.1. The summed E-state index contributed by atoms with van der Waals surface area (Å²) in [6.45, 7) is 5.21. The molecule has 3 aromatic rings. The first-order valence-electron chi connectivity index (χ1n) is 9.96. The van der Waals surface area contributed by atoms with Crippen LogP contribution >= 0.6 is 0 Å². The van der Waals surface area contributed by atoms with Crippen molar-refractivity contribution in [2.24, 2.45) is 0 Å². The van der Waals surface area contributed by atoms with Crippen LogP contribution in [0.25, 0.3) is 0 Å². The molecule has 0 atom stereocenters. The molecular weight excluding hydrogens is 360 g/mol. The number of carbonyl (C=O) groups excluding carboxylic acids is 1. The Morgan fingerprint density at radius 2 is 1.66 bits per heavy atom. The van der Waals surface area contributed by atoms with Gasteiger partial charge in [0.25, 0.3) is 5.91 Å². The van der Waals surface area contributed by atoms with E-state index in [9.17, 15) is 4.79 Å². The van der Waals surface area contributed by atoms with Gasteiger partial charge in [-0.25, -0.2) is 0 Å². The van der Waals surface area contributed by atoms with E-state index in [4.69, 9.17) is 0 Å². The first kappa shape index (κ1) is 19.0. The molecule has 29 heavy (non-hydrogen) atoms. The number of aromatic nitrogens is 1. The summed E-state index contributed by atoms with van der Waals surface area (Å²) in [6, 6.07) is 20.5.